The van der Waals surface area contributed by atoms with E-state index in [2.05, 4.69) is 15.0 Å². The molecule has 4 heterocycles. The zero-order valence-corrected chi connectivity index (χ0v) is 27.6. The number of aromatic nitrogens is 3. The van der Waals surface area contributed by atoms with Crippen LogP contribution in [-0.4, -0.2) is 68.7 Å². The molecule has 1 fully saturated rings. The van der Waals surface area contributed by atoms with Crippen LogP contribution in [0.2, 0.25) is 0 Å². The lowest BCUT2D eigenvalue weighted by Gasteiger charge is -2.42. The number of fused-ring (bicyclic) bond motifs is 3. The molecule has 0 radical (unpaired) electrons. The fraction of sp³-hybridized carbons (Fsp3) is 0.308. The Kier molecular flexibility index (Phi) is 9.68. The highest BCUT2D eigenvalue weighted by atomic mass is 16.7. The fourth-order valence-corrected chi connectivity index (χ4v) is 6.77. The molecule has 4 N–H and O–H groups in total. The highest BCUT2D eigenvalue weighted by molar-refractivity contribution is 5.85. The summed E-state index contributed by atoms with van der Waals surface area (Å²) in [5, 5.41) is 14.0. The molecule has 0 aliphatic carbocycles. The summed E-state index contributed by atoms with van der Waals surface area (Å²) in [6, 6.07) is 23.4. The third kappa shape index (κ3) is 7.15. The van der Waals surface area contributed by atoms with Gasteiger partial charge < -0.3 is 39.0 Å². The van der Waals surface area contributed by atoms with Crippen LogP contribution in [0, 0.1) is 0 Å². The molecule has 1 aliphatic heterocycles. The number of para-hydroxylation sites is 3. The molecule has 1 saturated heterocycles. The van der Waals surface area contributed by atoms with Gasteiger partial charge in [-0.2, -0.15) is 0 Å². The van der Waals surface area contributed by atoms with Crippen LogP contribution < -0.4 is 0 Å². The summed E-state index contributed by atoms with van der Waals surface area (Å²) in [6.45, 7) is 1.61. The Bertz CT molecular complexity index is 2030. The van der Waals surface area contributed by atoms with Crippen LogP contribution in [0.15, 0.2) is 91.4 Å². The van der Waals surface area contributed by atoms with E-state index in [1.165, 1.54) is 0 Å². The topological polar surface area (TPSA) is 156 Å². The molecule has 7 rings (SSSR count). The molecule has 0 saturated carbocycles. The number of ether oxygens (including phenoxy) is 4. The van der Waals surface area contributed by atoms with Gasteiger partial charge in [0.15, 0.2) is 24.6 Å². The van der Waals surface area contributed by atoms with Gasteiger partial charge >= 0.3 is 17.9 Å². The summed E-state index contributed by atoms with van der Waals surface area (Å²) >= 11 is 0. The van der Waals surface area contributed by atoms with Gasteiger partial charge in [0.05, 0.1) is 6.10 Å². The van der Waals surface area contributed by atoms with Crippen LogP contribution >= 0.6 is 0 Å². The van der Waals surface area contributed by atoms with Gasteiger partial charge in [-0.3, -0.25) is 14.4 Å². The first-order valence-electron chi connectivity index (χ1n) is 16.9. The molecular formula is C39H39N3O8. The van der Waals surface area contributed by atoms with E-state index < -0.39 is 48.6 Å². The first-order valence-corrected chi connectivity index (χ1v) is 16.9. The summed E-state index contributed by atoms with van der Waals surface area (Å²) in [6.07, 6.45) is 0.437. The summed E-state index contributed by atoms with van der Waals surface area (Å²) in [5.41, 5.74) is 5.72. The molecule has 0 bridgehead atoms. The van der Waals surface area contributed by atoms with Gasteiger partial charge in [0, 0.05) is 70.6 Å². The largest absolute Gasteiger partial charge is 0.455 e. The average Bonchev–Trinajstić information content (AvgIpc) is 3.86. The molecule has 0 spiro atoms. The SMILES string of the molecule is C[C@@H]1OC(O)[C@@H](OC(=O)CCc2c[nH]c3ccccc23)[C@H](OC(=O)CCc2c[nH]c3ccccc23)[C@@H]1OC(=O)CCc1c[nH]c2ccccc12. The minimum Gasteiger partial charge on any atom is -0.455 e. The van der Waals surface area contributed by atoms with Crippen molar-refractivity contribution in [2.45, 2.75) is 76.2 Å². The molecule has 3 aromatic carbocycles. The highest BCUT2D eigenvalue weighted by Gasteiger charge is 2.50. The first-order chi connectivity index (χ1) is 24.3. The molecular weight excluding hydrogens is 638 g/mol. The van der Waals surface area contributed by atoms with Gasteiger partial charge in [0.25, 0.3) is 0 Å². The van der Waals surface area contributed by atoms with Gasteiger partial charge in [-0.25, -0.2) is 0 Å². The number of aliphatic hydroxyl groups is 1. The number of esters is 3. The second-order valence-electron chi connectivity index (χ2n) is 12.7. The molecule has 3 aromatic heterocycles. The maximum atomic E-state index is 13.4. The number of hydrogen-bond donors (Lipinski definition) is 4. The zero-order valence-electron chi connectivity index (χ0n) is 27.6. The number of carbonyl (C=O) groups is 3. The van der Waals surface area contributed by atoms with E-state index in [4.69, 9.17) is 18.9 Å². The normalized spacial score (nSPS) is 20.6. The minimum atomic E-state index is -1.62. The Balaban J connectivity index is 1.06. The predicted octanol–water partition coefficient (Wildman–Crippen LogP) is 5.80. The van der Waals surface area contributed by atoms with Crippen LogP contribution in [0.25, 0.3) is 32.7 Å². The van der Waals surface area contributed by atoms with E-state index >= 15 is 0 Å². The molecule has 50 heavy (non-hydrogen) atoms. The highest BCUT2D eigenvalue weighted by Crippen LogP contribution is 2.30. The molecule has 6 aromatic rings. The fourth-order valence-electron chi connectivity index (χ4n) is 6.77. The van der Waals surface area contributed by atoms with Crippen molar-refractivity contribution in [1.82, 2.24) is 15.0 Å². The number of nitrogens with one attached hydrogen (secondary N) is 3. The molecule has 11 heteroatoms. The van der Waals surface area contributed by atoms with Crippen molar-refractivity contribution in [2.24, 2.45) is 0 Å². The van der Waals surface area contributed by atoms with E-state index in [0.717, 1.165) is 49.4 Å². The van der Waals surface area contributed by atoms with Crippen molar-refractivity contribution in [1.29, 1.82) is 0 Å². The summed E-state index contributed by atoms with van der Waals surface area (Å²) in [4.78, 5) is 49.5. The van der Waals surface area contributed by atoms with Crippen molar-refractivity contribution >= 4 is 50.6 Å². The third-order valence-corrected chi connectivity index (χ3v) is 9.37. The Labute approximate surface area is 287 Å². The van der Waals surface area contributed by atoms with Crippen LogP contribution in [0.3, 0.4) is 0 Å². The molecule has 0 amide bonds. The lowest BCUT2D eigenvalue weighted by molar-refractivity contribution is -0.289. The summed E-state index contributed by atoms with van der Waals surface area (Å²) in [5.74, 6) is -1.76. The van der Waals surface area contributed by atoms with Crippen molar-refractivity contribution in [2.75, 3.05) is 0 Å². The van der Waals surface area contributed by atoms with E-state index in [0.29, 0.717) is 19.3 Å². The number of hydrogen-bond acceptors (Lipinski definition) is 8. The lowest BCUT2D eigenvalue weighted by Crippen LogP contribution is -2.60. The van der Waals surface area contributed by atoms with Gasteiger partial charge in [0.2, 0.25) is 0 Å². The molecule has 5 atom stereocenters. The zero-order chi connectivity index (χ0) is 34.6. The number of aryl methyl sites for hydroxylation is 3. The monoisotopic (exact) mass is 677 g/mol. The quantitative estimate of drug-likeness (QED) is 0.0936. The van der Waals surface area contributed by atoms with E-state index in [-0.39, 0.29) is 19.3 Å². The predicted molar refractivity (Wildman–Crippen MR) is 186 cm³/mol. The Morgan fingerprint density at radius 3 is 1.36 bits per heavy atom. The van der Waals surface area contributed by atoms with E-state index in [1.54, 1.807) is 6.92 Å². The third-order valence-electron chi connectivity index (χ3n) is 9.37. The van der Waals surface area contributed by atoms with Gasteiger partial charge in [-0.1, -0.05) is 54.6 Å². The van der Waals surface area contributed by atoms with E-state index in [1.807, 2.05) is 91.4 Å². The summed E-state index contributed by atoms with van der Waals surface area (Å²) < 4.78 is 23.3. The molecule has 11 nitrogen and oxygen atoms in total. The molecule has 258 valence electrons. The Morgan fingerprint density at radius 2 is 0.940 bits per heavy atom. The second-order valence-corrected chi connectivity index (χ2v) is 12.7. The summed E-state index contributed by atoms with van der Waals surface area (Å²) in [7, 11) is 0. The number of H-pyrrole nitrogens is 3. The van der Waals surface area contributed by atoms with Gasteiger partial charge in [-0.15, -0.1) is 0 Å². The number of aliphatic hydroxyl groups excluding tert-OH is 1. The number of aromatic amines is 3. The maximum Gasteiger partial charge on any atom is 0.306 e. The van der Waals surface area contributed by atoms with Crippen LogP contribution in [0.5, 0.6) is 0 Å². The average molecular weight is 678 g/mol. The number of rotatable bonds is 12. The first kappa shape index (κ1) is 33.1. The van der Waals surface area contributed by atoms with Crippen molar-refractivity contribution in [3.8, 4) is 0 Å². The molecule has 1 unspecified atom stereocenters. The van der Waals surface area contributed by atoms with Crippen LogP contribution in [0.1, 0.15) is 42.9 Å². The van der Waals surface area contributed by atoms with Crippen LogP contribution in [0.4, 0.5) is 0 Å². The van der Waals surface area contributed by atoms with Gasteiger partial charge in [0.1, 0.15) is 0 Å². The number of carbonyl (C=O) groups excluding carboxylic acids is 3. The van der Waals surface area contributed by atoms with E-state index in [9.17, 15) is 19.5 Å². The smallest absolute Gasteiger partial charge is 0.306 e. The standard InChI is InChI=1S/C39H39N3O8/c1-23-36(48-33(43)17-14-24-20-40-30-11-5-2-8-27(24)30)37(49-34(44)18-15-25-21-41-31-12-6-3-9-28(25)31)38(39(46)47-23)50-35(45)19-16-26-22-42-32-13-7-4-10-29(26)32/h2-13,20-23,36-42,46H,14-19H2,1H3/t23-,36+,37+,38-,39?/m0/s1. The van der Waals surface area contributed by atoms with Crippen molar-refractivity contribution < 1.29 is 38.4 Å². The Hall–Kier alpha value is -5.39. The minimum absolute atomic E-state index is 0.00305. The lowest BCUT2D eigenvalue weighted by atomic mass is 9.98. The molecule has 1 aliphatic rings. The van der Waals surface area contributed by atoms with Crippen LogP contribution in [-0.2, 0) is 52.6 Å². The van der Waals surface area contributed by atoms with Crippen molar-refractivity contribution in [3.05, 3.63) is 108 Å². The Morgan fingerprint density at radius 1 is 0.580 bits per heavy atom. The van der Waals surface area contributed by atoms with Crippen molar-refractivity contribution in [3.63, 3.8) is 0 Å². The second kappa shape index (κ2) is 14.6. The maximum absolute atomic E-state index is 13.4. The number of benzene rings is 3. The van der Waals surface area contributed by atoms with Gasteiger partial charge in [-0.05, 0) is 61.1 Å².